The molecule has 0 unspecified atom stereocenters. The van der Waals surface area contributed by atoms with Crippen LogP contribution in [-0.4, -0.2) is 9.13 Å². The third-order valence-electron chi connectivity index (χ3n) is 11.1. The first-order valence-corrected chi connectivity index (χ1v) is 18.8. The number of nitrogens with zero attached hydrogens (tertiary/aromatic N) is 3. The molecule has 55 heavy (non-hydrogen) atoms. The van der Waals surface area contributed by atoms with Gasteiger partial charge in [0.2, 0.25) is 0 Å². The second kappa shape index (κ2) is 12.6. The molecule has 9 aromatic carbocycles. The molecule has 0 radical (unpaired) electrons. The second-order valence-corrected chi connectivity index (χ2v) is 14.2. The zero-order valence-corrected chi connectivity index (χ0v) is 30.0. The van der Waals surface area contributed by atoms with Gasteiger partial charge < -0.3 is 14.0 Å². The zero-order valence-electron chi connectivity index (χ0n) is 30.0. The number of aromatic nitrogens is 2. The fourth-order valence-electron chi connectivity index (χ4n) is 8.54. The molecule has 0 atom stereocenters. The summed E-state index contributed by atoms with van der Waals surface area (Å²) in [6.45, 7) is 0. The van der Waals surface area contributed by atoms with E-state index in [-0.39, 0.29) is 0 Å². The van der Waals surface area contributed by atoms with Crippen LogP contribution in [0.4, 0.5) is 17.1 Å². The van der Waals surface area contributed by atoms with E-state index in [0.717, 1.165) is 28.4 Å². The molecule has 11 rings (SSSR count). The predicted molar refractivity (Wildman–Crippen MR) is 233 cm³/mol. The topological polar surface area (TPSA) is 13.1 Å². The largest absolute Gasteiger partial charge is 0.317 e. The van der Waals surface area contributed by atoms with Crippen LogP contribution in [0.15, 0.2) is 212 Å². The Morgan fingerprint density at radius 3 is 1.62 bits per heavy atom. The van der Waals surface area contributed by atoms with Crippen LogP contribution in [0.2, 0.25) is 0 Å². The number of para-hydroxylation sites is 5. The van der Waals surface area contributed by atoms with Gasteiger partial charge in [0.05, 0.1) is 16.6 Å². The molecule has 0 amide bonds. The highest BCUT2D eigenvalue weighted by Crippen LogP contribution is 2.43. The Balaban J connectivity index is 1.18. The lowest BCUT2D eigenvalue weighted by Crippen LogP contribution is -2.09. The van der Waals surface area contributed by atoms with E-state index < -0.39 is 0 Å². The Labute approximate surface area is 319 Å². The molecule has 258 valence electrons. The van der Waals surface area contributed by atoms with Gasteiger partial charge >= 0.3 is 0 Å². The molecule has 0 saturated heterocycles. The minimum Gasteiger partial charge on any atom is -0.317 e. The second-order valence-electron chi connectivity index (χ2n) is 14.2. The van der Waals surface area contributed by atoms with Crippen molar-refractivity contribution in [1.29, 1.82) is 0 Å². The Morgan fingerprint density at radius 2 is 0.927 bits per heavy atom. The Hall–Kier alpha value is -7.36. The molecule has 3 heteroatoms. The molecular formula is C52H35N3. The lowest BCUT2D eigenvalue weighted by atomic mass is 9.91. The molecule has 0 N–H and O–H groups in total. The third-order valence-corrected chi connectivity index (χ3v) is 11.1. The van der Waals surface area contributed by atoms with Gasteiger partial charge in [-0.2, -0.15) is 0 Å². The lowest BCUT2D eigenvalue weighted by molar-refractivity contribution is 1.13. The number of hydrogen-bond donors (Lipinski definition) is 0. The van der Waals surface area contributed by atoms with Gasteiger partial charge in [-0.15, -0.1) is 0 Å². The van der Waals surface area contributed by atoms with E-state index in [1.54, 1.807) is 0 Å². The molecule has 0 spiro atoms. The minimum atomic E-state index is 1.11. The highest BCUT2D eigenvalue weighted by atomic mass is 15.1. The highest BCUT2D eigenvalue weighted by Gasteiger charge is 2.19. The summed E-state index contributed by atoms with van der Waals surface area (Å²) >= 11 is 0. The third kappa shape index (κ3) is 5.13. The van der Waals surface area contributed by atoms with Crippen LogP contribution >= 0.6 is 0 Å². The van der Waals surface area contributed by atoms with E-state index in [1.807, 2.05) is 0 Å². The number of hydrogen-bond acceptors (Lipinski definition) is 1. The fourth-order valence-corrected chi connectivity index (χ4v) is 8.54. The summed E-state index contributed by atoms with van der Waals surface area (Å²) in [6, 6.07) is 74.7. The molecule has 0 bridgehead atoms. The van der Waals surface area contributed by atoms with Crippen molar-refractivity contribution in [2.24, 2.45) is 0 Å². The average Bonchev–Trinajstić information content (AvgIpc) is 3.82. The number of anilines is 3. The maximum atomic E-state index is 2.44. The van der Waals surface area contributed by atoms with Gasteiger partial charge in [0.15, 0.2) is 0 Å². The van der Waals surface area contributed by atoms with Crippen LogP contribution < -0.4 is 4.90 Å². The van der Waals surface area contributed by atoms with Crippen LogP contribution in [0.1, 0.15) is 0 Å². The van der Waals surface area contributed by atoms with Gasteiger partial charge in [-0.05, 0) is 136 Å². The molecule has 3 nitrogen and oxygen atoms in total. The van der Waals surface area contributed by atoms with Gasteiger partial charge in [0.1, 0.15) is 0 Å². The van der Waals surface area contributed by atoms with Crippen molar-refractivity contribution in [1.82, 2.24) is 9.13 Å². The van der Waals surface area contributed by atoms with Crippen molar-refractivity contribution in [2.45, 2.75) is 0 Å². The van der Waals surface area contributed by atoms with E-state index in [0.29, 0.717) is 0 Å². The van der Waals surface area contributed by atoms with E-state index in [1.165, 1.54) is 65.4 Å². The van der Waals surface area contributed by atoms with E-state index in [9.17, 15) is 0 Å². The van der Waals surface area contributed by atoms with Crippen LogP contribution in [0, 0.1) is 0 Å². The van der Waals surface area contributed by atoms with E-state index >= 15 is 0 Å². The average molecular weight is 702 g/mol. The van der Waals surface area contributed by atoms with Gasteiger partial charge in [-0.1, -0.05) is 103 Å². The first kappa shape index (κ1) is 31.2. The van der Waals surface area contributed by atoms with Crippen molar-refractivity contribution >= 4 is 71.3 Å². The van der Waals surface area contributed by atoms with E-state index in [2.05, 4.69) is 226 Å². The molecule has 0 saturated carbocycles. The van der Waals surface area contributed by atoms with Crippen molar-refractivity contribution < 1.29 is 0 Å². The fraction of sp³-hybridized carbons (Fsp3) is 0. The number of fused-ring (bicyclic) bond motifs is 7. The van der Waals surface area contributed by atoms with Crippen LogP contribution in [0.3, 0.4) is 0 Å². The molecule has 2 heterocycles. The quantitative estimate of drug-likeness (QED) is 0.157. The summed E-state index contributed by atoms with van der Waals surface area (Å²) in [5.74, 6) is 0. The van der Waals surface area contributed by atoms with Gasteiger partial charge in [0.25, 0.3) is 0 Å². The van der Waals surface area contributed by atoms with Crippen LogP contribution in [0.5, 0.6) is 0 Å². The maximum Gasteiger partial charge on any atom is 0.0547 e. The molecule has 0 aliphatic carbocycles. The van der Waals surface area contributed by atoms with Gasteiger partial charge in [-0.25, -0.2) is 0 Å². The summed E-state index contributed by atoms with van der Waals surface area (Å²) in [6.07, 6.45) is 2.19. The standard InChI is InChI=1S/C52H35N3/c1-5-15-39(16-6-1)53-30-29-37-31-46-38(33-51(37)53)32-45(36-25-27-43(28-26-36)54(40-17-7-2-8-18-40)41-19-9-3-10-20-41)48-35-52-49(34-47(46)48)44-23-13-14-24-50(44)55(52)42-21-11-4-12-22-42/h1-35H. The Bertz CT molecular complexity index is 3120. The SMILES string of the molecule is c1ccc(N(c2ccccc2)c2ccc(-c3cc4cc5c(ccn5-c5ccccc5)cc4c4cc5c6ccccc6n(-c6ccccc6)c5cc34)cc2)cc1. The normalized spacial score (nSPS) is 11.6. The smallest absolute Gasteiger partial charge is 0.0547 e. The molecule has 0 fully saturated rings. The molecule has 11 aromatic rings. The number of rotatable bonds is 6. The van der Waals surface area contributed by atoms with E-state index in [4.69, 9.17) is 0 Å². The monoisotopic (exact) mass is 701 g/mol. The summed E-state index contributed by atoms with van der Waals surface area (Å²) in [7, 11) is 0. The Kier molecular flexibility index (Phi) is 7.17. The summed E-state index contributed by atoms with van der Waals surface area (Å²) in [4.78, 5) is 2.32. The molecular weight excluding hydrogens is 667 g/mol. The zero-order chi connectivity index (χ0) is 36.3. The molecule has 2 aromatic heterocycles. The number of benzene rings is 9. The minimum absolute atomic E-state index is 1.11. The Morgan fingerprint density at radius 1 is 0.327 bits per heavy atom. The van der Waals surface area contributed by atoms with Crippen LogP contribution in [0.25, 0.3) is 76.8 Å². The van der Waals surface area contributed by atoms with Crippen molar-refractivity contribution in [2.75, 3.05) is 4.90 Å². The van der Waals surface area contributed by atoms with Crippen molar-refractivity contribution in [3.05, 3.63) is 212 Å². The molecule has 0 aliphatic heterocycles. The van der Waals surface area contributed by atoms with Crippen LogP contribution in [-0.2, 0) is 0 Å². The van der Waals surface area contributed by atoms with Gasteiger partial charge in [-0.3, -0.25) is 0 Å². The summed E-state index contributed by atoms with van der Waals surface area (Å²) < 4.78 is 4.72. The maximum absolute atomic E-state index is 2.44. The van der Waals surface area contributed by atoms with Crippen molar-refractivity contribution in [3.63, 3.8) is 0 Å². The highest BCUT2D eigenvalue weighted by molar-refractivity contribution is 6.23. The summed E-state index contributed by atoms with van der Waals surface area (Å²) in [5, 5.41) is 8.70. The molecule has 0 aliphatic rings. The lowest BCUT2D eigenvalue weighted by Gasteiger charge is -2.25. The predicted octanol–water partition coefficient (Wildman–Crippen LogP) is 14.2. The first-order chi connectivity index (χ1) is 27.3. The van der Waals surface area contributed by atoms with Crippen molar-refractivity contribution in [3.8, 4) is 22.5 Å². The van der Waals surface area contributed by atoms with Gasteiger partial charge in [0, 0.05) is 50.8 Å². The summed E-state index contributed by atoms with van der Waals surface area (Å²) in [5.41, 5.74) is 11.7. The first-order valence-electron chi connectivity index (χ1n) is 18.8.